The molecular formula is C28H35F3N4O4. The van der Waals surface area contributed by atoms with E-state index >= 15 is 0 Å². The highest BCUT2D eigenvalue weighted by Gasteiger charge is 2.38. The van der Waals surface area contributed by atoms with E-state index < -0.39 is 22.4 Å². The Bertz CT molecular complexity index is 1170. The number of rotatable bonds is 7. The number of ether oxygens (including phenoxy) is 1. The van der Waals surface area contributed by atoms with Gasteiger partial charge in [0.25, 0.3) is 5.69 Å². The summed E-state index contributed by atoms with van der Waals surface area (Å²) in [6.07, 6.45) is -3.16. The van der Waals surface area contributed by atoms with E-state index in [0.717, 1.165) is 30.9 Å². The summed E-state index contributed by atoms with van der Waals surface area (Å²) in [6, 6.07) is 11.3. The van der Waals surface area contributed by atoms with E-state index in [1.165, 1.54) is 11.6 Å². The van der Waals surface area contributed by atoms with Crippen LogP contribution in [0.4, 0.5) is 30.2 Å². The van der Waals surface area contributed by atoms with Gasteiger partial charge in [-0.2, -0.15) is 13.2 Å². The Hall–Kier alpha value is -3.34. The van der Waals surface area contributed by atoms with Crippen molar-refractivity contribution >= 4 is 23.0 Å². The van der Waals surface area contributed by atoms with Crippen LogP contribution in [0, 0.1) is 10.1 Å². The average molecular weight is 549 g/mol. The maximum absolute atomic E-state index is 13.3. The second-order valence-electron chi connectivity index (χ2n) is 11.2. The first kappa shape index (κ1) is 28.7. The number of amides is 1. The van der Waals surface area contributed by atoms with Gasteiger partial charge < -0.3 is 19.9 Å². The zero-order chi connectivity index (χ0) is 28.4. The Morgan fingerprint density at radius 2 is 1.72 bits per heavy atom. The monoisotopic (exact) mass is 548 g/mol. The zero-order valence-electron chi connectivity index (χ0n) is 22.5. The molecule has 1 saturated carbocycles. The molecule has 1 aliphatic heterocycles. The predicted octanol–water partition coefficient (Wildman–Crippen LogP) is 5.61. The first-order valence-corrected chi connectivity index (χ1v) is 13.2. The van der Waals surface area contributed by atoms with Crippen molar-refractivity contribution in [1.29, 1.82) is 0 Å². The summed E-state index contributed by atoms with van der Waals surface area (Å²) >= 11 is 0. The molecular weight excluding hydrogens is 513 g/mol. The van der Waals surface area contributed by atoms with Crippen LogP contribution in [0.25, 0.3) is 0 Å². The third kappa shape index (κ3) is 7.20. The maximum Gasteiger partial charge on any atom is 0.423 e. The molecule has 39 heavy (non-hydrogen) atoms. The Kier molecular flexibility index (Phi) is 8.39. The molecule has 0 unspecified atom stereocenters. The lowest BCUT2D eigenvalue weighted by Crippen LogP contribution is -2.50. The van der Waals surface area contributed by atoms with Gasteiger partial charge in [-0.15, -0.1) is 0 Å². The van der Waals surface area contributed by atoms with Gasteiger partial charge in [0, 0.05) is 49.7 Å². The Balaban J connectivity index is 1.22. The lowest BCUT2D eigenvalue weighted by Gasteiger charge is -2.36. The van der Waals surface area contributed by atoms with Gasteiger partial charge >= 0.3 is 6.18 Å². The number of hydrogen-bond acceptors (Lipinski definition) is 6. The van der Waals surface area contributed by atoms with Crippen LogP contribution in [-0.4, -0.2) is 60.7 Å². The molecule has 0 spiro atoms. The molecule has 1 heterocycles. The van der Waals surface area contributed by atoms with Crippen LogP contribution in [0.15, 0.2) is 42.5 Å². The van der Waals surface area contributed by atoms with Crippen molar-refractivity contribution in [3.63, 3.8) is 0 Å². The summed E-state index contributed by atoms with van der Waals surface area (Å²) in [7, 11) is 0. The van der Waals surface area contributed by atoms with E-state index in [2.05, 4.69) is 55.3 Å². The van der Waals surface area contributed by atoms with Crippen LogP contribution < -0.4 is 10.2 Å². The molecule has 1 amide bonds. The number of nitro benzene ring substituents is 1. The third-order valence-electron chi connectivity index (χ3n) is 7.43. The van der Waals surface area contributed by atoms with Crippen LogP contribution in [-0.2, 0) is 21.1 Å². The van der Waals surface area contributed by atoms with Crippen LogP contribution >= 0.6 is 0 Å². The maximum atomic E-state index is 13.3. The lowest BCUT2D eigenvalue weighted by atomic mass is 9.87. The summed E-state index contributed by atoms with van der Waals surface area (Å²) in [6.45, 7) is 9.22. The topological polar surface area (TPSA) is 88.0 Å². The van der Waals surface area contributed by atoms with Crippen LogP contribution in [0.5, 0.6) is 0 Å². The van der Waals surface area contributed by atoms with Gasteiger partial charge in [-0.25, -0.2) is 0 Å². The molecule has 0 aromatic heterocycles. The van der Waals surface area contributed by atoms with Gasteiger partial charge in [0.2, 0.25) is 5.91 Å². The van der Waals surface area contributed by atoms with E-state index in [-0.39, 0.29) is 35.8 Å². The highest BCUT2D eigenvalue weighted by Crippen LogP contribution is 2.38. The minimum atomic E-state index is -4.83. The van der Waals surface area contributed by atoms with Crippen molar-refractivity contribution in [2.75, 3.05) is 43.0 Å². The number of nitro groups is 1. The van der Waals surface area contributed by atoms with E-state index in [1.807, 2.05) is 0 Å². The van der Waals surface area contributed by atoms with Crippen LogP contribution in [0.3, 0.4) is 0 Å². The van der Waals surface area contributed by atoms with Gasteiger partial charge in [-0.3, -0.25) is 14.9 Å². The Morgan fingerprint density at radius 3 is 2.31 bits per heavy atom. The summed E-state index contributed by atoms with van der Waals surface area (Å²) in [4.78, 5) is 26.8. The highest BCUT2D eigenvalue weighted by atomic mass is 19.4. The Morgan fingerprint density at radius 1 is 1.05 bits per heavy atom. The molecule has 212 valence electrons. The number of carbonyl (C=O) groups is 1. The summed E-state index contributed by atoms with van der Waals surface area (Å²) in [5, 5.41) is 14.0. The SMILES string of the molecule is CC(C)(C)c1ccc(N2CCN(C(=O)CO[C@@H]3CC[C@@H](Nc4ccc([N+](=O)[O-])c(C(F)(F)F)c4)C3)CC2)cc1. The molecule has 1 saturated heterocycles. The summed E-state index contributed by atoms with van der Waals surface area (Å²) in [5.41, 5.74) is 0.432. The van der Waals surface area contributed by atoms with Crippen LogP contribution in [0.1, 0.15) is 51.2 Å². The van der Waals surface area contributed by atoms with E-state index in [0.29, 0.717) is 32.4 Å². The number of alkyl halides is 3. The van der Waals surface area contributed by atoms with E-state index in [1.54, 1.807) is 4.90 Å². The van der Waals surface area contributed by atoms with Crippen LogP contribution in [0.2, 0.25) is 0 Å². The number of piperazine rings is 1. The summed E-state index contributed by atoms with van der Waals surface area (Å²) < 4.78 is 45.6. The second-order valence-corrected chi connectivity index (χ2v) is 11.2. The first-order valence-electron chi connectivity index (χ1n) is 13.2. The van der Waals surface area contributed by atoms with Gasteiger partial charge in [0.15, 0.2) is 0 Å². The minimum Gasteiger partial charge on any atom is -0.382 e. The molecule has 1 aliphatic carbocycles. The molecule has 2 aromatic rings. The largest absolute Gasteiger partial charge is 0.423 e. The number of anilines is 2. The smallest absolute Gasteiger partial charge is 0.382 e. The number of nitrogens with zero attached hydrogens (tertiary/aromatic N) is 3. The number of nitrogens with one attached hydrogen (secondary N) is 1. The fourth-order valence-electron chi connectivity index (χ4n) is 5.14. The number of halogens is 3. The van der Waals surface area contributed by atoms with Crippen molar-refractivity contribution < 1.29 is 27.6 Å². The molecule has 2 fully saturated rings. The van der Waals surface area contributed by atoms with Crippen molar-refractivity contribution in [3.05, 3.63) is 63.7 Å². The minimum absolute atomic E-state index is 0.0343. The molecule has 0 bridgehead atoms. The zero-order valence-corrected chi connectivity index (χ0v) is 22.5. The third-order valence-corrected chi connectivity index (χ3v) is 7.43. The normalized spacial score (nSPS) is 20.3. The van der Waals surface area contributed by atoms with Gasteiger partial charge in [0.1, 0.15) is 12.2 Å². The quantitative estimate of drug-likeness (QED) is 0.358. The van der Waals surface area contributed by atoms with E-state index in [9.17, 15) is 28.1 Å². The average Bonchev–Trinajstić information content (AvgIpc) is 3.33. The molecule has 1 N–H and O–H groups in total. The van der Waals surface area contributed by atoms with Gasteiger partial charge in [-0.05, 0) is 54.5 Å². The molecule has 0 radical (unpaired) electrons. The van der Waals surface area contributed by atoms with Crippen molar-refractivity contribution in [2.24, 2.45) is 0 Å². The highest BCUT2D eigenvalue weighted by molar-refractivity contribution is 5.77. The fraction of sp³-hybridized carbons (Fsp3) is 0.536. The van der Waals surface area contributed by atoms with Gasteiger partial charge in [0.05, 0.1) is 11.0 Å². The fourth-order valence-corrected chi connectivity index (χ4v) is 5.14. The van der Waals surface area contributed by atoms with Crippen molar-refractivity contribution in [1.82, 2.24) is 4.90 Å². The second kappa shape index (κ2) is 11.4. The lowest BCUT2D eigenvalue weighted by molar-refractivity contribution is -0.388. The molecule has 4 rings (SSSR count). The number of benzene rings is 2. The molecule has 2 atom stereocenters. The molecule has 11 heteroatoms. The van der Waals surface area contributed by atoms with Crippen molar-refractivity contribution in [2.45, 2.75) is 63.8 Å². The van der Waals surface area contributed by atoms with E-state index in [4.69, 9.17) is 4.74 Å². The summed E-state index contributed by atoms with van der Waals surface area (Å²) in [5.74, 6) is -0.0701. The molecule has 2 aliphatic rings. The first-order chi connectivity index (χ1) is 18.3. The molecule has 2 aromatic carbocycles. The van der Waals surface area contributed by atoms with Gasteiger partial charge in [-0.1, -0.05) is 32.9 Å². The number of carbonyl (C=O) groups excluding carboxylic acids is 1. The standard InChI is InChI=1S/C28H35F3N4O4/c1-27(2,3)19-4-8-22(9-5-19)33-12-14-34(15-13-33)26(36)18-39-23-10-6-20(16-23)32-21-7-11-25(35(37)38)24(17-21)28(29,30)31/h4-5,7-9,11,17,20,23,32H,6,10,12-16,18H2,1-3H3/t20-,23-/m1/s1. The van der Waals surface area contributed by atoms with Crippen molar-refractivity contribution in [3.8, 4) is 0 Å². The predicted molar refractivity (Wildman–Crippen MR) is 143 cm³/mol. The Labute approximate surface area is 226 Å². The molecule has 8 nitrogen and oxygen atoms in total. The number of hydrogen-bond donors (Lipinski definition) is 1.